The predicted octanol–water partition coefficient (Wildman–Crippen LogP) is 4.86. The molecule has 0 saturated carbocycles. The molecule has 2 aromatic rings. The lowest BCUT2D eigenvalue weighted by molar-refractivity contribution is 0.154. The van der Waals surface area contributed by atoms with Crippen molar-refractivity contribution in [2.24, 2.45) is 0 Å². The van der Waals surface area contributed by atoms with Gasteiger partial charge >= 0.3 is 0 Å². The van der Waals surface area contributed by atoms with Crippen LogP contribution in [0.25, 0.3) is 0 Å². The van der Waals surface area contributed by atoms with Crippen LogP contribution in [0.15, 0.2) is 47.4 Å². The highest BCUT2D eigenvalue weighted by molar-refractivity contribution is 7.99. The highest BCUT2D eigenvalue weighted by Gasteiger charge is 2.52. The lowest BCUT2D eigenvalue weighted by Gasteiger charge is -2.47. The number of hydrogen-bond acceptors (Lipinski definition) is 4. The normalized spacial score (nSPS) is 26.6. The quantitative estimate of drug-likeness (QED) is 0.735. The number of fused-ring (bicyclic) bond motifs is 3. The summed E-state index contributed by atoms with van der Waals surface area (Å²) in [6.45, 7) is 3.23. The van der Waals surface area contributed by atoms with Crippen molar-refractivity contribution in [3.05, 3.63) is 59.4 Å². The second kappa shape index (κ2) is 7.93. The molecule has 3 nitrogen and oxygen atoms in total. The third-order valence-corrected chi connectivity index (χ3v) is 8.20. The Morgan fingerprint density at radius 3 is 2.97 bits per heavy atom. The van der Waals surface area contributed by atoms with Crippen LogP contribution in [0.3, 0.4) is 0 Å². The smallest absolute Gasteiger partial charge is 0.123 e. The van der Waals surface area contributed by atoms with E-state index in [1.54, 1.807) is 12.1 Å². The van der Waals surface area contributed by atoms with E-state index < -0.39 is 6.10 Å². The zero-order chi connectivity index (χ0) is 19.8. The second-order valence-corrected chi connectivity index (χ2v) is 9.75. The maximum Gasteiger partial charge on any atom is 0.123 e. The Balaban J connectivity index is 1.38. The molecule has 0 bridgehead atoms. The Hall–Kier alpha value is -1.56. The molecule has 5 rings (SSSR count). The first-order chi connectivity index (χ1) is 14.2. The first kappa shape index (κ1) is 19.4. The van der Waals surface area contributed by atoms with Gasteiger partial charge in [-0.1, -0.05) is 24.3 Å². The summed E-state index contributed by atoms with van der Waals surface area (Å²) in [6.07, 6.45) is 4.64. The Kier molecular flexibility index (Phi) is 5.31. The molecule has 2 aromatic carbocycles. The third-order valence-electron chi connectivity index (χ3n) is 7.07. The van der Waals surface area contributed by atoms with E-state index >= 15 is 0 Å². The van der Waals surface area contributed by atoms with E-state index in [-0.39, 0.29) is 11.4 Å². The summed E-state index contributed by atoms with van der Waals surface area (Å²) in [7, 11) is 0. The molecule has 1 saturated heterocycles. The SMILES string of the molecule is OC(CCCC12CCNCC1c1cccc3c1N2CCCS3)c1ccc(F)cc1. The van der Waals surface area contributed by atoms with Gasteiger partial charge in [0, 0.05) is 29.4 Å². The van der Waals surface area contributed by atoms with Crippen LogP contribution in [-0.4, -0.2) is 36.0 Å². The van der Waals surface area contributed by atoms with Crippen LogP contribution in [0, 0.1) is 5.82 Å². The summed E-state index contributed by atoms with van der Waals surface area (Å²) >= 11 is 2.01. The van der Waals surface area contributed by atoms with E-state index in [1.165, 1.54) is 40.5 Å². The van der Waals surface area contributed by atoms with E-state index in [1.807, 2.05) is 11.8 Å². The van der Waals surface area contributed by atoms with Gasteiger partial charge in [0.1, 0.15) is 5.82 Å². The average molecular weight is 413 g/mol. The summed E-state index contributed by atoms with van der Waals surface area (Å²) in [5.74, 6) is 1.46. The van der Waals surface area contributed by atoms with E-state index in [4.69, 9.17) is 0 Å². The standard InChI is InChI=1S/C24H29FN2OS/c25-18-9-7-17(8-10-18)21(28)5-2-11-24-12-13-26-16-20(24)19-4-1-6-22-23(19)27(24)14-3-15-29-22/h1,4,6-10,20-21,26,28H,2-3,5,11-16H2. The predicted molar refractivity (Wildman–Crippen MR) is 117 cm³/mol. The minimum atomic E-state index is -0.522. The maximum atomic E-state index is 13.2. The Morgan fingerprint density at radius 2 is 2.10 bits per heavy atom. The van der Waals surface area contributed by atoms with Crippen molar-refractivity contribution in [1.29, 1.82) is 0 Å². The maximum absolute atomic E-state index is 13.2. The molecule has 29 heavy (non-hydrogen) atoms. The van der Waals surface area contributed by atoms with Crippen LogP contribution in [0.5, 0.6) is 0 Å². The van der Waals surface area contributed by atoms with Crippen molar-refractivity contribution in [2.75, 3.05) is 30.3 Å². The lowest BCUT2D eigenvalue weighted by atomic mass is 9.73. The topological polar surface area (TPSA) is 35.5 Å². The minimum absolute atomic E-state index is 0.164. The number of para-hydroxylation sites is 1. The fourth-order valence-corrected chi connectivity index (χ4v) is 6.75. The van der Waals surface area contributed by atoms with Crippen LogP contribution in [0.2, 0.25) is 0 Å². The van der Waals surface area contributed by atoms with E-state index in [0.29, 0.717) is 5.92 Å². The number of nitrogens with zero attached hydrogens (tertiary/aromatic N) is 1. The fraction of sp³-hybridized carbons (Fsp3) is 0.500. The monoisotopic (exact) mass is 412 g/mol. The van der Waals surface area contributed by atoms with E-state index in [2.05, 4.69) is 28.4 Å². The Bertz CT molecular complexity index is 874. The molecule has 3 heterocycles. The molecule has 3 aliphatic heterocycles. The molecule has 0 radical (unpaired) electrons. The van der Waals surface area contributed by atoms with Crippen molar-refractivity contribution < 1.29 is 9.50 Å². The zero-order valence-electron chi connectivity index (χ0n) is 16.7. The number of hydrogen-bond donors (Lipinski definition) is 2. The Labute approximate surface area is 176 Å². The zero-order valence-corrected chi connectivity index (χ0v) is 17.6. The molecule has 1 fully saturated rings. The molecule has 3 atom stereocenters. The Morgan fingerprint density at radius 1 is 1.24 bits per heavy atom. The molecule has 5 heteroatoms. The fourth-order valence-electron chi connectivity index (χ4n) is 5.71. The first-order valence-electron chi connectivity index (χ1n) is 10.9. The van der Waals surface area contributed by atoms with Crippen molar-refractivity contribution >= 4 is 17.4 Å². The molecule has 0 amide bonds. The first-order valence-corrected chi connectivity index (χ1v) is 11.9. The van der Waals surface area contributed by atoms with Gasteiger partial charge in [-0.15, -0.1) is 11.8 Å². The highest BCUT2D eigenvalue weighted by Crippen LogP contribution is 2.56. The van der Waals surface area contributed by atoms with Gasteiger partial charge in [-0.2, -0.15) is 0 Å². The van der Waals surface area contributed by atoms with Crippen LogP contribution in [-0.2, 0) is 0 Å². The van der Waals surface area contributed by atoms with Gasteiger partial charge in [0.05, 0.1) is 11.8 Å². The minimum Gasteiger partial charge on any atom is -0.388 e. The molecule has 3 unspecified atom stereocenters. The third kappa shape index (κ3) is 3.37. The van der Waals surface area contributed by atoms with Crippen molar-refractivity contribution in [3.8, 4) is 0 Å². The molecule has 0 spiro atoms. The number of piperidine rings is 1. The number of halogens is 1. The van der Waals surface area contributed by atoms with Crippen molar-refractivity contribution in [1.82, 2.24) is 5.32 Å². The van der Waals surface area contributed by atoms with Gasteiger partial charge in [0.15, 0.2) is 0 Å². The molecule has 3 aliphatic rings. The molecular formula is C24H29FN2OS. The summed E-state index contributed by atoms with van der Waals surface area (Å²) in [5.41, 5.74) is 3.98. The number of thioether (sulfide) groups is 1. The largest absolute Gasteiger partial charge is 0.388 e. The van der Waals surface area contributed by atoms with Crippen LogP contribution in [0.1, 0.15) is 55.3 Å². The van der Waals surface area contributed by atoms with Gasteiger partial charge in [0.2, 0.25) is 0 Å². The average Bonchev–Trinajstić information content (AvgIpc) is 2.86. The molecule has 2 N–H and O–H groups in total. The molecular weight excluding hydrogens is 383 g/mol. The summed E-state index contributed by atoms with van der Waals surface area (Å²) in [5, 5.41) is 14.3. The number of nitrogens with one attached hydrogen (secondary N) is 1. The van der Waals surface area contributed by atoms with E-state index in [0.717, 1.165) is 50.9 Å². The number of aliphatic hydroxyl groups excluding tert-OH is 1. The highest BCUT2D eigenvalue weighted by atomic mass is 32.2. The van der Waals surface area contributed by atoms with Crippen molar-refractivity contribution in [2.45, 2.75) is 54.6 Å². The van der Waals surface area contributed by atoms with Gasteiger partial charge in [-0.25, -0.2) is 4.39 Å². The van der Waals surface area contributed by atoms with Crippen molar-refractivity contribution in [3.63, 3.8) is 0 Å². The van der Waals surface area contributed by atoms with Crippen LogP contribution < -0.4 is 10.2 Å². The lowest BCUT2D eigenvalue weighted by Crippen LogP contribution is -2.56. The van der Waals surface area contributed by atoms with Gasteiger partial charge in [-0.3, -0.25) is 0 Å². The molecule has 154 valence electrons. The summed E-state index contributed by atoms with van der Waals surface area (Å²) in [4.78, 5) is 4.19. The number of aliphatic hydroxyl groups is 1. The van der Waals surface area contributed by atoms with Gasteiger partial charge in [0.25, 0.3) is 0 Å². The summed E-state index contributed by atoms with van der Waals surface area (Å²) < 4.78 is 13.2. The number of anilines is 1. The second-order valence-electron chi connectivity index (χ2n) is 8.62. The molecule has 0 aliphatic carbocycles. The number of benzene rings is 2. The van der Waals surface area contributed by atoms with Gasteiger partial charge < -0.3 is 15.3 Å². The summed E-state index contributed by atoms with van der Waals surface area (Å²) in [6, 6.07) is 13.1. The van der Waals surface area contributed by atoms with Crippen LogP contribution >= 0.6 is 11.8 Å². The van der Waals surface area contributed by atoms with Crippen LogP contribution in [0.4, 0.5) is 10.1 Å². The van der Waals surface area contributed by atoms with Gasteiger partial charge in [-0.05, 0) is 73.7 Å². The van der Waals surface area contributed by atoms with E-state index in [9.17, 15) is 9.50 Å². The molecule has 0 aromatic heterocycles. The number of rotatable bonds is 5.